The van der Waals surface area contributed by atoms with Gasteiger partial charge < -0.3 is 4.74 Å². The van der Waals surface area contributed by atoms with Crippen molar-refractivity contribution in [2.24, 2.45) is 5.41 Å². The molecule has 0 aromatic rings. The van der Waals surface area contributed by atoms with E-state index in [1.807, 2.05) is 6.92 Å². The summed E-state index contributed by atoms with van der Waals surface area (Å²) >= 11 is 0. The van der Waals surface area contributed by atoms with Crippen molar-refractivity contribution >= 4 is 5.97 Å². The van der Waals surface area contributed by atoms with E-state index in [0.717, 1.165) is 18.4 Å². The SMILES string of the molecule is CCOC(=O)C1=CCCC2(CC2)C1. The first-order valence-corrected chi connectivity index (χ1v) is 5.12. The molecule has 13 heavy (non-hydrogen) atoms. The molecule has 0 N–H and O–H groups in total. The van der Waals surface area contributed by atoms with E-state index in [9.17, 15) is 4.79 Å². The second kappa shape index (κ2) is 3.17. The summed E-state index contributed by atoms with van der Waals surface area (Å²) in [6.45, 7) is 2.34. The summed E-state index contributed by atoms with van der Waals surface area (Å²) in [5.74, 6) is -0.0894. The van der Waals surface area contributed by atoms with Crippen LogP contribution in [0.2, 0.25) is 0 Å². The average molecular weight is 180 g/mol. The Balaban J connectivity index is 1.98. The minimum Gasteiger partial charge on any atom is -0.463 e. The van der Waals surface area contributed by atoms with E-state index in [1.165, 1.54) is 19.3 Å². The Bertz CT molecular complexity index is 249. The molecule has 0 amide bonds. The Morgan fingerprint density at radius 3 is 2.92 bits per heavy atom. The lowest BCUT2D eigenvalue weighted by atomic mass is 9.86. The Morgan fingerprint density at radius 2 is 2.31 bits per heavy atom. The van der Waals surface area contributed by atoms with Gasteiger partial charge in [-0.2, -0.15) is 0 Å². The summed E-state index contributed by atoms with van der Waals surface area (Å²) in [4.78, 5) is 11.4. The van der Waals surface area contributed by atoms with E-state index in [2.05, 4.69) is 6.08 Å². The first-order chi connectivity index (χ1) is 6.26. The topological polar surface area (TPSA) is 26.3 Å². The van der Waals surface area contributed by atoms with Gasteiger partial charge in [-0.25, -0.2) is 4.79 Å². The molecule has 2 heteroatoms. The van der Waals surface area contributed by atoms with E-state index in [4.69, 9.17) is 4.74 Å². The zero-order valence-corrected chi connectivity index (χ0v) is 8.14. The van der Waals surface area contributed by atoms with E-state index >= 15 is 0 Å². The van der Waals surface area contributed by atoms with Gasteiger partial charge in [-0.3, -0.25) is 0 Å². The molecule has 1 spiro atoms. The molecule has 2 aliphatic rings. The molecule has 0 radical (unpaired) electrons. The van der Waals surface area contributed by atoms with Gasteiger partial charge in [0.2, 0.25) is 0 Å². The first-order valence-electron chi connectivity index (χ1n) is 5.12. The fraction of sp³-hybridized carbons (Fsp3) is 0.727. The Labute approximate surface area is 79.0 Å². The van der Waals surface area contributed by atoms with Crippen LogP contribution in [-0.4, -0.2) is 12.6 Å². The first kappa shape index (κ1) is 8.79. The summed E-state index contributed by atoms with van der Waals surface area (Å²) in [7, 11) is 0. The summed E-state index contributed by atoms with van der Waals surface area (Å²) < 4.78 is 5.00. The average Bonchev–Trinajstić information content (AvgIpc) is 2.85. The predicted molar refractivity (Wildman–Crippen MR) is 50.2 cm³/mol. The molecule has 2 rings (SSSR count). The lowest BCUT2D eigenvalue weighted by Crippen LogP contribution is -2.15. The van der Waals surface area contributed by atoms with E-state index in [-0.39, 0.29) is 5.97 Å². The van der Waals surface area contributed by atoms with Gasteiger partial charge in [0.05, 0.1) is 6.61 Å². The van der Waals surface area contributed by atoms with Crippen LogP contribution in [0.3, 0.4) is 0 Å². The normalized spacial score (nSPS) is 23.9. The molecule has 0 bridgehead atoms. The summed E-state index contributed by atoms with van der Waals surface area (Å²) in [5.41, 5.74) is 1.43. The molecule has 72 valence electrons. The van der Waals surface area contributed by atoms with E-state index in [1.54, 1.807) is 0 Å². The van der Waals surface area contributed by atoms with Gasteiger partial charge in [0.15, 0.2) is 0 Å². The minimum atomic E-state index is -0.0894. The van der Waals surface area contributed by atoms with Crippen molar-refractivity contribution in [2.75, 3.05) is 6.61 Å². The van der Waals surface area contributed by atoms with Crippen molar-refractivity contribution in [3.8, 4) is 0 Å². The van der Waals surface area contributed by atoms with Crippen molar-refractivity contribution in [1.82, 2.24) is 0 Å². The van der Waals surface area contributed by atoms with Crippen molar-refractivity contribution < 1.29 is 9.53 Å². The second-order valence-corrected chi connectivity index (χ2v) is 4.17. The largest absolute Gasteiger partial charge is 0.463 e. The van der Waals surface area contributed by atoms with Gasteiger partial charge in [-0.1, -0.05) is 6.08 Å². The highest BCUT2D eigenvalue weighted by Gasteiger charge is 2.44. The van der Waals surface area contributed by atoms with Crippen LogP contribution in [0.1, 0.15) is 39.0 Å². The number of hydrogen-bond donors (Lipinski definition) is 0. The summed E-state index contributed by atoms with van der Waals surface area (Å²) in [5, 5.41) is 0. The zero-order valence-electron chi connectivity index (χ0n) is 8.14. The van der Waals surface area contributed by atoms with Gasteiger partial charge in [0, 0.05) is 5.57 Å². The molecule has 0 aromatic heterocycles. The lowest BCUT2D eigenvalue weighted by molar-refractivity contribution is -0.139. The minimum absolute atomic E-state index is 0.0894. The molecule has 0 unspecified atom stereocenters. The zero-order chi connectivity index (χ0) is 9.31. The van der Waals surface area contributed by atoms with Gasteiger partial charge in [0.25, 0.3) is 0 Å². The van der Waals surface area contributed by atoms with Gasteiger partial charge in [0.1, 0.15) is 0 Å². The van der Waals surface area contributed by atoms with E-state index in [0.29, 0.717) is 12.0 Å². The highest BCUT2D eigenvalue weighted by molar-refractivity contribution is 5.88. The molecule has 0 aromatic carbocycles. The number of rotatable bonds is 2. The van der Waals surface area contributed by atoms with Crippen molar-refractivity contribution in [2.45, 2.75) is 39.0 Å². The highest BCUT2D eigenvalue weighted by atomic mass is 16.5. The van der Waals surface area contributed by atoms with Crippen molar-refractivity contribution in [3.63, 3.8) is 0 Å². The monoisotopic (exact) mass is 180 g/mol. The van der Waals surface area contributed by atoms with Crippen LogP contribution >= 0.6 is 0 Å². The van der Waals surface area contributed by atoms with Crippen LogP contribution in [0.4, 0.5) is 0 Å². The molecular formula is C11H16O2. The third-order valence-corrected chi connectivity index (χ3v) is 3.13. The summed E-state index contributed by atoms with van der Waals surface area (Å²) in [6.07, 6.45) is 7.98. The molecule has 0 aliphatic heterocycles. The molecule has 2 nitrogen and oxygen atoms in total. The van der Waals surface area contributed by atoms with Crippen LogP contribution in [0, 0.1) is 5.41 Å². The predicted octanol–water partition coefficient (Wildman–Crippen LogP) is 2.44. The van der Waals surface area contributed by atoms with Crippen LogP contribution in [0.25, 0.3) is 0 Å². The number of hydrogen-bond acceptors (Lipinski definition) is 2. The van der Waals surface area contributed by atoms with Gasteiger partial charge in [-0.15, -0.1) is 0 Å². The number of esters is 1. The number of carbonyl (C=O) groups is 1. The Hall–Kier alpha value is -0.790. The van der Waals surface area contributed by atoms with Gasteiger partial charge in [-0.05, 0) is 44.4 Å². The quantitative estimate of drug-likeness (QED) is 0.610. The van der Waals surface area contributed by atoms with Crippen LogP contribution in [0.15, 0.2) is 11.6 Å². The summed E-state index contributed by atoms with van der Waals surface area (Å²) in [6, 6.07) is 0. The number of carbonyl (C=O) groups excluding carboxylic acids is 1. The fourth-order valence-electron chi connectivity index (χ4n) is 2.10. The van der Waals surface area contributed by atoms with Crippen LogP contribution < -0.4 is 0 Å². The van der Waals surface area contributed by atoms with Crippen molar-refractivity contribution in [3.05, 3.63) is 11.6 Å². The molecule has 2 aliphatic carbocycles. The maximum absolute atomic E-state index is 11.4. The maximum Gasteiger partial charge on any atom is 0.333 e. The number of ether oxygens (including phenoxy) is 1. The Kier molecular flexibility index (Phi) is 2.14. The smallest absolute Gasteiger partial charge is 0.333 e. The van der Waals surface area contributed by atoms with Crippen LogP contribution in [-0.2, 0) is 9.53 Å². The fourth-order valence-corrected chi connectivity index (χ4v) is 2.10. The van der Waals surface area contributed by atoms with Gasteiger partial charge >= 0.3 is 5.97 Å². The lowest BCUT2D eigenvalue weighted by Gasteiger charge is -2.20. The van der Waals surface area contributed by atoms with E-state index < -0.39 is 0 Å². The second-order valence-electron chi connectivity index (χ2n) is 4.17. The number of allylic oxidation sites excluding steroid dienone is 1. The molecule has 0 heterocycles. The third-order valence-electron chi connectivity index (χ3n) is 3.13. The molecule has 0 saturated heterocycles. The third kappa shape index (κ3) is 1.77. The standard InChI is InChI=1S/C11H16O2/c1-2-13-10(12)9-4-3-5-11(8-9)6-7-11/h4H,2-3,5-8H2,1H3. The molecular weight excluding hydrogens is 164 g/mol. The van der Waals surface area contributed by atoms with Crippen molar-refractivity contribution in [1.29, 1.82) is 0 Å². The maximum atomic E-state index is 11.4. The van der Waals surface area contributed by atoms with Crippen LogP contribution in [0.5, 0.6) is 0 Å². The Morgan fingerprint density at radius 1 is 1.54 bits per heavy atom. The molecule has 1 saturated carbocycles. The molecule has 1 fully saturated rings. The highest BCUT2D eigenvalue weighted by Crippen LogP contribution is 2.56. The molecule has 0 atom stereocenters.